The van der Waals surface area contributed by atoms with E-state index < -0.39 is 23.0 Å². The standard InChI is InChI=1S/C16H12N2O5S/c19-13-7-5-11(15(20)17-13)18-10-4-6-12(24(22)23)8-2-1-3-9(14(8)10)16(18)21/h1-4,6,11H,5,7H2,(H,22,23)(H,17,19,20). The van der Waals surface area contributed by atoms with Gasteiger partial charge in [-0.1, -0.05) is 12.1 Å². The van der Waals surface area contributed by atoms with Crippen molar-refractivity contribution in [3.63, 3.8) is 0 Å². The number of carbonyl (C=O) groups excluding carboxylic acids is 3. The van der Waals surface area contributed by atoms with Crippen LogP contribution in [0, 0.1) is 0 Å². The summed E-state index contributed by atoms with van der Waals surface area (Å²) in [4.78, 5) is 37.9. The van der Waals surface area contributed by atoms with Crippen molar-refractivity contribution in [2.75, 3.05) is 4.90 Å². The molecule has 1 saturated heterocycles. The minimum absolute atomic E-state index is 0.165. The highest BCUT2D eigenvalue weighted by Gasteiger charge is 2.40. The van der Waals surface area contributed by atoms with Gasteiger partial charge in [-0.05, 0) is 24.6 Å². The van der Waals surface area contributed by atoms with Gasteiger partial charge in [-0.3, -0.25) is 24.6 Å². The van der Waals surface area contributed by atoms with Crippen molar-refractivity contribution >= 4 is 45.3 Å². The fourth-order valence-corrected chi connectivity index (χ4v) is 3.91. The Balaban J connectivity index is 1.90. The van der Waals surface area contributed by atoms with E-state index in [2.05, 4.69) is 5.32 Å². The summed E-state index contributed by atoms with van der Waals surface area (Å²) in [5, 5.41) is 3.33. The van der Waals surface area contributed by atoms with E-state index in [1.165, 1.54) is 11.0 Å². The third-order valence-corrected chi connectivity index (χ3v) is 5.13. The number of piperidine rings is 1. The maximum Gasteiger partial charge on any atom is 0.259 e. The van der Waals surface area contributed by atoms with Gasteiger partial charge in [-0.25, -0.2) is 4.21 Å². The molecule has 8 heteroatoms. The zero-order chi connectivity index (χ0) is 17.0. The molecule has 0 spiro atoms. The summed E-state index contributed by atoms with van der Waals surface area (Å²) in [6.45, 7) is 0. The Morgan fingerprint density at radius 3 is 2.67 bits per heavy atom. The predicted octanol–water partition coefficient (Wildman–Crippen LogP) is 1.19. The Morgan fingerprint density at radius 2 is 1.96 bits per heavy atom. The topological polar surface area (TPSA) is 104 Å². The summed E-state index contributed by atoms with van der Waals surface area (Å²) in [6, 6.07) is 7.23. The van der Waals surface area contributed by atoms with Gasteiger partial charge in [0.1, 0.15) is 6.04 Å². The van der Waals surface area contributed by atoms with Gasteiger partial charge >= 0.3 is 0 Å². The summed E-state index contributed by atoms with van der Waals surface area (Å²) in [5.74, 6) is -1.20. The molecule has 1 fully saturated rings. The number of hydrogen-bond donors (Lipinski definition) is 2. The van der Waals surface area contributed by atoms with Crippen LogP contribution in [0.5, 0.6) is 0 Å². The number of hydrogen-bond acceptors (Lipinski definition) is 4. The average Bonchev–Trinajstić information content (AvgIpc) is 2.82. The lowest BCUT2D eigenvalue weighted by Crippen LogP contribution is -2.53. The molecule has 2 aromatic rings. The van der Waals surface area contributed by atoms with Gasteiger partial charge in [0.2, 0.25) is 11.8 Å². The first-order valence-electron chi connectivity index (χ1n) is 7.33. The van der Waals surface area contributed by atoms with Crippen LogP contribution in [-0.2, 0) is 20.7 Å². The lowest BCUT2D eigenvalue weighted by molar-refractivity contribution is -0.134. The summed E-state index contributed by atoms with van der Waals surface area (Å²) >= 11 is -2.18. The second-order valence-electron chi connectivity index (χ2n) is 5.70. The second-order valence-corrected chi connectivity index (χ2v) is 6.64. The largest absolute Gasteiger partial charge is 0.302 e. The molecule has 122 valence electrons. The van der Waals surface area contributed by atoms with Crippen molar-refractivity contribution in [3.05, 3.63) is 35.9 Å². The van der Waals surface area contributed by atoms with Gasteiger partial charge in [0.05, 0.1) is 10.6 Å². The number of amides is 3. The highest BCUT2D eigenvalue weighted by Crippen LogP contribution is 2.41. The molecule has 2 aromatic carbocycles. The van der Waals surface area contributed by atoms with Crippen LogP contribution in [0.4, 0.5) is 5.69 Å². The number of nitrogens with one attached hydrogen (secondary N) is 1. The fourth-order valence-electron chi connectivity index (χ4n) is 3.37. The van der Waals surface area contributed by atoms with Crippen molar-refractivity contribution in [1.29, 1.82) is 0 Å². The zero-order valence-electron chi connectivity index (χ0n) is 12.3. The highest BCUT2D eigenvalue weighted by molar-refractivity contribution is 7.79. The maximum atomic E-state index is 12.8. The SMILES string of the molecule is O=C1CCC(N2C(=O)c3cccc4c(S(=O)O)ccc2c34)C(=O)N1. The summed E-state index contributed by atoms with van der Waals surface area (Å²) in [6.07, 6.45) is 0.415. The molecule has 0 aromatic heterocycles. The van der Waals surface area contributed by atoms with Gasteiger partial charge in [0.25, 0.3) is 5.91 Å². The quantitative estimate of drug-likeness (QED) is 0.629. The van der Waals surface area contributed by atoms with Crippen LogP contribution >= 0.6 is 0 Å². The Morgan fingerprint density at radius 1 is 1.17 bits per heavy atom. The van der Waals surface area contributed by atoms with Gasteiger partial charge < -0.3 is 4.55 Å². The van der Waals surface area contributed by atoms with Crippen LogP contribution in [-0.4, -0.2) is 32.5 Å². The minimum atomic E-state index is -2.18. The summed E-state index contributed by atoms with van der Waals surface area (Å²) < 4.78 is 21.0. The third kappa shape index (κ3) is 2.00. The molecule has 7 nitrogen and oxygen atoms in total. The number of nitrogens with zero attached hydrogens (tertiary/aromatic N) is 1. The lowest BCUT2D eigenvalue weighted by atomic mass is 10.0. The molecule has 0 aliphatic carbocycles. The molecule has 2 aliphatic rings. The van der Waals surface area contributed by atoms with E-state index in [4.69, 9.17) is 0 Å². The van der Waals surface area contributed by atoms with Gasteiger partial charge in [-0.2, -0.15) is 0 Å². The molecule has 0 bridgehead atoms. The van der Waals surface area contributed by atoms with E-state index in [-0.39, 0.29) is 29.6 Å². The molecule has 2 unspecified atom stereocenters. The number of anilines is 1. The third-order valence-electron chi connectivity index (χ3n) is 4.40. The molecule has 3 amide bonds. The first-order chi connectivity index (χ1) is 11.5. The molecule has 2 aliphatic heterocycles. The van der Waals surface area contributed by atoms with Crippen molar-refractivity contribution in [2.45, 2.75) is 23.8 Å². The van der Waals surface area contributed by atoms with Crippen LogP contribution in [0.15, 0.2) is 35.2 Å². The Kier molecular flexibility index (Phi) is 3.26. The monoisotopic (exact) mass is 344 g/mol. The van der Waals surface area contributed by atoms with Crippen LogP contribution in [0.3, 0.4) is 0 Å². The second kappa shape index (κ2) is 5.22. The van der Waals surface area contributed by atoms with E-state index in [9.17, 15) is 23.1 Å². The Labute approximate surface area is 138 Å². The minimum Gasteiger partial charge on any atom is -0.302 e. The zero-order valence-corrected chi connectivity index (χ0v) is 13.1. The first-order valence-corrected chi connectivity index (χ1v) is 8.43. The van der Waals surface area contributed by atoms with Crippen molar-refractivity contribution in [2.24, 2.45) is 0 Å². The maximum absolute atomic E-state index is 12.8. The van der Waals surface area contributed by atoms with Crippen molar-refractivity contribution in [3.8, 4) is 0 Å². The molecule has 2 atom stereocenters. The highest BCUT2D eigenvalue weighted by atomic mass is 32.2. The number of benzene rings is 2. The van der Waals surface area contributed by atoms with Crippen molar-refractivity contribution in [1.82, 2.24) is 5.32 Å². The number of imide groups is 1. The van der Waals surface area contributed by atoms with E-state index in [0.29, 0.717) is 22.0 Å². The molecular weight excluding hydrogens is 332 g/mol. The first kappa shape index (κ1) is 15.0. The number of rotatable bonds is 2. The summed E-state index contributed by atoms with van der Waals surface area (Å²) in [7, 11) is 0. The smallest absolute Gasteiger partial charge is 0.259 e. The molecule has 0 radical (unpaired) electrons. The van der Waals surface area contributed by atoms with Crippen LogP contribution in [0.25, 0.3) is 10.8 Å². The average molecular weight is 344 g/mol. The van der Waals surface area contributed by atoms with Crippen LogP contribution in [0.1, 0.15) is 23.2 Å². The molecule has 0 saturated carbocycles. The fraction of sp³-hybridized carbons (Fsp3) is 0.188. The van der Waals surface area contributed by atoms with Gasteiger partial charge in [0.15, 0.2) is 11.1 Å². The van der Waals surface area contributed by atoms with E-state index in [1.54, 1.807) is 24.3 Å². The lowest BCUT2D eigenvalue weighted by Gasteiger charge is -2.30. The Hall–Kier alpha value is -2.58. The van der Waals surface area contributed by atoms with Gasteiger partial charge in [-0.15, -0.1) is 0 Å². The molecule has 2 N–H and O–H groups in total. The number of carbonyl (C=O) groups is 3. The van der Waals surface area contributed by atoms with E-state index in [0.717, 1.165) is 0 Å². The normalized spacial score (nSPS) is 21.3. The summed E-state index contributed by atoms with van der Waals surface area (Å²) in [5.41, 5.74) is 0.911. The predicted molar refractivity (Wildman–Crippen MR) is 86.0 cm³/mol. The van der Waals surface area contributed by atoms with E-state index in [1.807, 2.05) is 0 Å². The van der Waals surface area contributed by atoms with Crippen LogP contribution in [0.2, 0.25) is 0 Å². The van der Waals surface area contributed by atoms with Crippen LogP contribution < -0.4 is 10.2 Å². The molecule has 2 heterocycles. The van der Waals surface area contributed by atoms with Gasteiger partial charge in [0, 0.05) is 22.8 Å². The molecule has 4 rings (SSSR count). The van der Waals surface area contributed by atoms with E-state index >= 15 is 0 Å². The molecular formula is C16H12N2O5S. The Bertz CT molecular complexity index is 955. The molecule has 24 heavy (non-hydrogen) atoms. The van der Waals surface area contributed by atoms with Crippen molar-refractivity contribution < 1.29 is 23.1 Å².